The molecule has 1 aromatic carbocycles. The van der Waals surface area contributed by atoms with Crippen LogP contribution in [-0.4, -0.2) is 24.7 Å². The van der Waals surface area contributed by atoms with Crippen LogP contribution in [0.2, 0.25) is 5.02 Å². The summed E-state index contributed by atoms with van der Waals surface area (Å²) in [4.78, 5) is 24.2. The van der Waals surface area contributed by atoms with Gasteiger partial charge in [-0.05, 0) is 44.7 Å². The highest BCUT2D eigenvalue weighted by Gasteiger charge is 2.44. The van der Waals surface area contributed by atoms with Crippen LogP contribution in [0.1, 0.15) is 63.9 Å². The van der Waals surface area contributed by atoms with Gasteiger partial charge in [-0.1, -0.05) is 37.3 Å². The number of carbonyl (C=O) groups is 2. The number of anilines is 1. The summed E-state index contributed by atoms with van der Waals surface area (Å²) in [6.45, 7) is 2.22. The zero-order valence-corrected chi connectivity index (χ0v) is 16.9. The largest absolute Gasteiger partial charge is 0.490 e. The van der Waals surface area contributed by atoms with Gasteiger partial charge in [-0.25, -0.2) is 4.79 Å². The van der Waals surface area contributed by atoms with Gasteiger partial charge in [0.05, 0.1) is 28.8 Å². The van der Waals surface area contributed by atoms with Crippen molar-refractivity contribution in [3.63, 3.8) is 0 Å². The second-order valence-electron chi connectivity index (χ2n) is 8.03. The number of amides is 2. The Morgan fingerprint density at radius 2 is 1.93 bits per heavy atom. The predicted octanol–water partition coefficient (Wildman–Crippen LogP) is 4.75. The first-order chi connectivity index (χ1) is 13.5. The smallest absolute Gasteiger partial charge is 0.319 e. The summed E-state index contributed by atoms with van der Waals surface area (Å²) >= 11 is 6.45. The lowest BCUT2D eigenvalue weighted by atomic mass is 9.79. The number of fused-ring (bicyclic) bond motifs is 2. The van der Waals surface area contributed by atoms with E-state index in [4.69, 9.17) is 21.1 Å². The van der Waals surface area contributed by atoms with Crippen LogP contribution < -0.4 is 15.4 Å². The molecule has 0 aromatic heterocycles. The molecule has 28 heavy (non-hydrogen) atoms. The van der Waals surface area contributed by atoms with E-state index in [9.17, 15) is 9.59 Å². The summed E-state index contributed by atoms with van der Waals surface area (Å²) in [6, 6.07) is 3.46. The number of halogens is 1. The van der Waals surface area contributed by atoms with Crippen LogP contribution in [0.3, 0.4) is 0 Å². The van der Waals surface area contributed by atoms with E-state index in [0.717, 1.165) is 37.0 Å². The van der Waals surface area contributed by atoms with Gasteiger partial charge in [-0.3, -0.25) is 4.79 Å². The molecular formula is C21H27ClN2O4. The molecule has 2 N–H and O–H groups in total. The maximum Gasteiger partial charge on any atom is 0.319 e. The van der Waals surface area contributed by atoms with Crippen molar-refractivity contribution >= 4 is 29.3 Å². The van der Waals surface area contributed by atoms with E-state index in [0.29, 0.717) is 30.2 Å². The third-order valence-corrected chi connectivity index (χ3v) is 6.47. The van der Waals surface area contributed by atoms with Gasteiger partial charge in [0.25, 0.3) is 0 Å². The lowest BCUT2D eigenvalue weighted by molar-refractivity contribution is -0.154. The first-order valence-corrected chi connectivity index (χ1v) is 10.7. The van der Waals surface area contributed by atoms with Crippen LogP contribution in [0.5, 0.6) is 5.75 Å². The Kier molecular flexibility index (Phi) is 5.41. The second kappa shape index (κ2) is 7.82. The number of hydrogen-bond donors (Lipinski definition) is 2. The zero-order valence-electron chi connectivity index (χ0n) is 16.2. The standard InChI is InChI=1S/C21H27ClN2O4/c1-2-27-19(25)13-11-14(12-13)28-16-8-7-15(22)18-17(16)21(24-20(26)23-18)9-5-3-4-6-10-21/h7-8,13-14H,2-6,9-12H2,1H3,(H2,23,24,26). The Morgan fingerprint density at radius 3 is 2.61 bits per heavy atom. The fourth-order valence-electron chi connectivity index (χ4n) is 4.68. The van der Waals surface area contributed by atoms with Crippen LogP contribution in [0, 0.1) is 5.92 Å². The fourth-order valence-corrected chi connectivity index (χ4v) is 4.88. The summed E-state index contributed by atoms with van der Waals surface area (Å²) in [5.74, 6) is 0.522. The molecule has 2 saturated carbocycles. The molecule has 3 aliphatic rings. The van der Waals surface area contributed by atoms with Crippen molar-refractivity contribution in [2.75, 3.05) is 11.9 Å². The SMILES string of the molecule is CCOC(=O)C1CC(Oc2ccc(Cl)c3c2C2(CCCCCC2)NC(=O)N3)C1. The summed E-state index contributed by atoms with van der Waals surface area (Å²) in [5, 5.41) is 6.59. The topological polar surface area (TPSA) is 76.7 Å². The van der Waals surface area contributed by atoms with Crippen LogP contribution >= 0.6 is 11.6 Å². The summed E-state index contributed by atoms with van der Waals surface area (Å²) < 4.78 is 11.4. The number of carbonyl (C=O) groups excluding carboxylic acids is 2. The Hall–Kier alpha value is -1.95. The van der Waals surface area contributed by atoms with Crippen molar-refractivity contribution in [2.45, 2.75) is 69.9 Å². The molecule has 1 heterocycles. The maximum atomic E-state index is 12.4. The van der Waals surface area contributed by atoms with Crippen LogP contribution in [0.25, 0.3) is 0 Å². The molecular weight excluding hydrogens is 380 g/mol. The highest BCUT2D eigenvalue weighted by Crippen LogP contribution is 2.49. The highest BCUT2D eigenvalue weighted by molar-refractivity contribution is 6.34. The maximum absolute atomic E-state index is 12.4. The van der Waals surface area contributed by atoms with Crippen molar-refractivity contribution in [3.8, 4) is 5.75 Å². The third-order valence-electron chi connectivity index (χ3n) is 6.15. The number of nitrogens with one attached hydrogen (secondary N) is 2. The molecule has 0 atom stereocenters. The molecule has 1 aromatic rings. The lowest BCUT2D eigenvalue weighted by Gasteiger charge is -2.42. The monoisotopic (exact) mass is 406 g/mol. The van der Waals surface area contributed by atoms with Crippen molar-refractivity contribution in [1.82, 2.24) is 5.32 Å². The summed E-state index contributed by atoms with van der Waals surface area (Å²) in [7, 11) is 0. The average molecular weight is 407 g/mol. The quantitative estimate of drug-likeness (QED) is 0.707. The molecule has 0 saturated heterocycles. The molecule has 7 heteroatoms. The van der Waals surface area contributed by atoms with Gasteiger partial charge in [-0.15, -0.1) is 0 Å². The third kappa shape index (κ3) is 3.54. The van der Waals surface area contributed by atoms with Crippen LogP contribution in [0.4, 0.5) is 10.5 Å². The fraction of sp³-hybridized carbons (Fsp3) is 0.619. The van der Waals surface area contributed by atoms with Crippen molar-refractivity contribution in [2.24, 2.45) is 5.92 Å². The normalized spacial score (nSPS) is 25.6. The lowest BCUT2D eigenvalue weighted by Crippen LogP contribution is -2.52. The van der Waals surface area contributed by atoms with E-state index < -0.39 is 5.54 Å². The van der Waals surface area contributed by atoms with E-state index >= 15 is 0 Å². The number of ether oxygens (including phenoxy) is 2. The molecule has 2 amide bonds. The second-order valence-corrected chi connectivity index (χ2v) is 8.44. The molecule has 0 radical (unpaired) electrons. The van der Waals surface area contributed by atoms with E-state index in [1.165, 1.54) is 12.8 Å². The van der Waals surface area contributed by atoms with Gasteiger partial charge in [0.15, 0.2) is 0 Å². The molecule has 0 unspecified atom stereocenters. The highest BCUT2D eigenvalue weighted by atomic mass is 35.5. The number of hydrogen-bond acceptors (Lipinski definition) is 4. The molecule has 6 nitrogen and oxygen atoms in total. The molecule has 0 bridgehead atoms. The summed E-state index contributed by atoms with van der Waals surface area (Å²) in [5.41, 5.74) is 1.17. The number of rotatable bonds is 4. The molecule has 4 rings (SSSR count). The minimum absolute atomic E-state index is 0.0277. The van der Waals surface area contributed by atoms with E-state index in [2.05, 4.69) is 10.6 Å². The van der Waals surface area contributed by atoms with Crippen molar-refractivity contribution < 1.29 is 19.1 Å². The minimum Gasteiger partial charge on any atom is -0.490 e. The van der Waals surface area contributed by atoms with E-state index in [1.54, 1.807) is 6.07 Å². The molecule has 2 fully saturated rings. The Balaban J connectivity index is 1.61. The van der Waals surface area contributed by atoms with Gasteiger partial charge < -0.3 is 20.1 Å². The number of urea groups is 1. The van der Waals surface area contributed by atoms with E-state index in [-0.39, 0.29) is 24.0 Å². The minimum atomic E-state index is -0.446. The molecule has 1 aliphatic heterocycles. The zero-order chi connectivity index (χ0) is 19.7. The van der Waals surface area contributed by atoms with Gasteiger partial charge >= 0.3 is 12.0 Å². The summed E-state index contributed by atoms with van der Waals surface area (Å²) in [6.07, 6.45) is 7.48. The number of esters is 1. The van der Waals surface area contributed by atoms with Gasteiger partial charge in [0, 0.05) is 5.56 Å². The molecule has 1 spiro atoms. The van der Waals surface area contributed by atoms with Gasteiger partial charge in [0.2, 0.25) is 0 Å². The van der Waals surface area contributed by atoms with Gasteiger partial charge in [-0.2, -0.15) is 0 Å². The van der Waals surface area contributed by atoms with Crippen LogP contribution in [-0.2, 0) is 15.1 Å². The average Bonchev–Trinajstić information content (AvgIpc) is 2.85. The Morgan fingerprint density at radius 1 is 1.21 bits per heavy atom. The predicted molar refractivity (Wildman–Crippen MR) is 107 cm³/mol. The van der Waals surface area contributed by atoms with E-state index in [1.807, 2.05) is 13.0 Å². The van der Waals surface area contributed by atoms with Gasteiger partial charge in [0.1, 0.15) is 11.9 Å². The Bertz CT molecular complexity index is 768. The molecule has 2 aliphatic carbocycles. The van der Waals surface area contributed by atoms with Crippen molar-refractivity contribution in [1.29, 1.82) is 0 Å². The van der Waals surface area contributed by atoms with Crippen LogP contribution in [0.15, 0.2) is 12.1 Å². The first-order valence-electron chi connectivity index (χ1n) is 10.3. The van der Waals surface area contributed by atoms with Crippen molar-refractivity contribution in [3.05, 3.63) is 22.7 Å². The Labute approximate surface area is 170 Å². The number of benzene rings is 1. The molecule has 152 valence electrons. The first kappa shape index (κ1) is 19.4.